The van der Waals surface area contributed by atoms with Gasteiger partial charge in [-0.2, -0.15) is 9.78 Å². The molecule has 27 heavy (non-hydrogen) atoms. The average Bonchev–Trinajstić information content (AvgIpc) is 3.13. The number of fused-ring (bicyclic) bond motifs is 1. The van der Waals surface area contributed by atoms with E-state index in [0.29, 0.717) is 6.54 Å². The highest BCUT2D eigenvalue weighted by Crippen LogP contribution is 2.27. The zero-order valence-electron chi connectivity index (χ0n) is 15.3. The normalized spacial score (nSPS) is 13.0. The first-order valence-electron chi connectivity index (χ1n) is 8.90. The third kappa shape index (κ3) is 3.69. The molecule has 8 nitrogen and oxygen atoms in total. The number of esters is 2. The molecule has 0 atom stereocenters. The number of aromatic nitrogens is 2. The zero-order valence-corrected chi connectivity index (χ0v) is 15.3. The minimum absolute atomic E-state index is 0.104. The van der Waals surface area contributed by atoms with Crippen LogP contribution >= 0.6 is 0 Å². The van der Waals surface area contributed by atoms with Crippen molar-refractivity contribution in [2.45, 2.75) is 26.7 Å². The minimum Gasteiger partial charge on any atom is -0.461 e. The van der Waals surface area contributed by atoms with Crippen molar-refractivity contribution >= 4 is 23.7 Å². The van der Waals surface area contributed by atoms with E-state index in [-0.39, 0.29) is 24.6 Å². The smallest absolute Gasteiger partial charge is 0.358 e. The van der Waals surface area contributed by atoms with Crippen LogP contribution in [0.25, 0.3) is 0 Å². The first-order valence-corrected chi connectivity index (χ1v) is 8.90. The second-order valence-corrected chi connectivity index (χ2v) is 5.93. The number of hydrogen-bond acceptors (Lipinski definition) is 6. The molecule has 0 aliphatic carbocycles. The Kier molecular flexibility index (Phi) is 5.54. The molecule has 0 spiro atoms. The number of aryl methyl sites for hydroxylation is 1. The van der Waals surface area contributed by atoms with Gasteiger partial charge in [0.05, 0.1) is 13.2 Å². The van der Waals surface area contributed by atoms with Crippen molar-refractivity contribution in [2.24, 2.45) is 0 Å². The number of nitrogens with zero attached hydrogens (tertiary/aromatic N) is 3. The fraction of sp³-hybridized carbons (Fsp3) is 0.368. The number of para-hydroxylation sites is 1. The van der Waals surface area contributed by atoms with Gasteiger partial charge in [0.25, 0.3) is 0 Å². The highest BCUT2D eigenvalue weighted by atomic mass is 16.5. The van der Waals surface area contributed by atoms with E-state index in [1.807, 2.05) is 24.3 Å². The number of rotatable bonds is 4. The summed E-state index contributed by atoms with van der Waals surface area (Å²) in [6.45, 7) is 4.12. The van der Waals surface area contributed by atoms with Gasteiger partial charge in [0.15, 0.2) is 11.4 Å². The summed E-state index contributed by atoms with van der Waals surface area (Å²) in [5, 5.41) is 4.03. The summed E-state index contributed by atoms with van der Waals surface area (Å²) in [6, 6.07) is 8.30. The summed E-state index contributed by atoms with van der Waals surface area (Å²) in [7, 11) is 0. The number of carbonyl (C=O) groups is 3. The van der Waals surface area contributed by atoms with Gasteiger partial charge in [0.2, 0.25) is 0 Å². The van der Waals surface area contributed by atoms with Crippen molar-refractivity contribution in [1.29, 1.82) is 0 Å². The van der Waals surface area contributed by atoms with Gasteiger partial charge in [-0.05, 0) is 38.3 Å². The Morgan fingerprint density at radius 3 is 2.52 bits per heavy atom. The van der Waals surface area contributed by atoms with Gasteiger partial charge in [-0.25, -0.2) is 14.4 Å². The molecular formula is C19H21N3O5. The zero-order chi connectivity index (χ0) is 19.4. The van der Waals surface area contributed by atoms with Crippen molar-refractivity contribution < 1.29 is 23.9 Å². The van der Waals surface area contributed by atoms with Crippen molar-refractivity contribution in [3.05, 3.63) is 47.3 Å². The molecule has 0 radical (unpaired) electrons. The van der Waals surface area contributed by atoms with Gasteiger partial charge in [-0.15, -0.1) is 0 Å². The molecule has 142 valence electrons. The molecule has 1 aromatic heterocycles. The monoisotopic (exact) mass is 371 g/mol. The molecule has 1 aliphatic heterocycles. The van der Waals surface area contributed by atoms with Gasteiger partial charge < -0.3 is 9.47 Å². The maximum Gasteiger partial charge on any atom is 0.358 e. The van der Waals surface area contributed by atoms with Gasteiger partial charge in [-0.1, -0.05) is 18.2 Å². The van der Waals surface area contributed by atoms with Crippen molar-refractivity contribution in [1.82, 2.24) is 9.78 Å². The molecule has 0 N–H and O–H groups in total. The quantitative estimate of drug-likeness (QED) is 0.768. The van der Waals surface area contributed by atoms with E-state index in [9.17, 15) is 14.4 Å². The lowest BCUT2D eigenvalue weighted by molar-refractivity contribution is 0.0509. The second-order valence-electron chi connectivity index (χ2n) is 5.93. The second kappa shape index (κ2) is 8.03. The van der Waals surface area contributed by atoms with E-state index in [2.05, 4.69) is 5.10 Å². The third-order valence-electron chi connectivity index (χ3n) is 4.20. The van der Waals surface area contributed by atoms with E-state index in [1.165, 1.54) is 6.07 Å². The van der Waals surface area contributed by atoms with Crippen LogP contribution in [-0.2, 0) is 15.9 Å². The molecule has 2 aromatic rings. The molecule has 8 heteroatoms. The first-order chi connectivity index (χ1) is 13.1. The Morgan fingerprint density at radius 2 is 1.78 bits per heavy atom. The lowest BCUT2D eigenvalue weighted by atomic mass is 10.0. The van der Waals surface area contributed by atoms with Crippen LogP contribution in [0.1, 0.15) is 46.8 Å². The topological polar surface area (TPSA) is 90.7 Å². The number of carbonyl (C=O) groups excluding carboxylic acids is 3. The van der Waals surface area contributed by atoms with Crippen LogP contribution in [0, 0.1) is 0 Å². The minimum atomic E-state index is -0.723. The maximum atomic E-state index is 13.2. The van der Waals surface area contributed by atoms with Crippen molar-refractivity contribution in [3.63, 3.8) is 0 Å². The largest absolute Gasteiger partial charge is 0.461 e. The first kappa shape index (κ1) is 18.6. The fourth-order valence-electron chi connectivity index (χ4n) is 3.03. The molecule has 1 aliphatic rings. The summed E-state index contributed by atoms with van der Waals surface area (Å²) in [4.78, 5) is 39.0. The molecular weight excluding hydrogens is 350 g/mol. The van der Waals surface area contributed by atoms with Gasteiger partial charge in [0, 0.05) is 18.3 Å². The number of ether oxygens (including phenoxy) is 2. The lowest BCUT2D eigenvalue weighted by Crippen LogP contribution is -2.40. The summed E-state index contributed by atoms with van der Waals surface area (Å²) in [5.41, 5.74) is 1.61. The Bertz CT molecular complexity index is 874. The highest BCUT2D eigenvalue weighted by Gasteiger charge is 2.30. The summed E-state index contributed by atoms with van der Waals surface area (Å²) in [6.07, 6.45) is 1.67. The number of anilines is 1. The van der Waals surface area contributed by atoms with Crippen LogP contribution in [0.15, 0.2) is 30.3 Å². The lowest BCUT2D eigenvalue weighted by Gasteiger charge is -2.29. The standard InChI is InChI=1S/C19H21N3O5/c1-3-26-17(23)14-12-16(18(24)27-4-2)22(20-14)19(25)21-11-7-9-13-8-5-6-10-15(13)21/h5-6,8,10,12H,3-4,7,9,11H2,1-2H3. The number of benzene rings is 1. The third-order valence-corrected chi connectivity index (χ3v) is 4.20. The number of hydrogen-bond donors (Lipinski definition) is 0. The molecule has 1 aromatic carbocycles. The van der Waals surface area contributed by atoms with Crippen LogP contribution in [0.3, 0.4) is 0 Å². The van der Waals surface area contributed by atoms with Crippen LogP contribution in [-0.4, -0.2) is 47.5 Å². The SMILES string of the molecule is CCOC(=O)c1cc(C(=O)OCC)n(C(=O)N2CCCc3ccccc32)n1. The van der Waals surface area contributed by atoms with Crippen molar-refractivity contribution in [3.8, 4) is 0 Å². The Balaban J connectivity index is 2.01. The van der Waals surface area contributed by atoms with Crippen LogP contribution in [0.4, 0.5) is 10.5 Å². The van der Waals surface area contributed by atoms with Gasteiger partial charge in [0.1, 0.15) is 0 Å². The van der Waals surface area contributed by atoms with E-state index < -0.39 is 18.0 Å². The molecule has 0 fully saturated rings. The van der Waals surface area contributed by atoms with Crippen LogP contribution in [0.5, 0.6) is 0 Å². The Morgan fingerprint density at radius 1 is 1.07 bits per heavy atom. The predicted molar refractivity (Wildman–Crippen MR) is 97.0 cm³/mol. The molecule has 0 saturated heterocycles. The van der Waals surface area contributed by atoms with Gasteiger partial charge in [-0.3, -0.25) is 4.90 Å². The molecule has 3 rings (SSSR count). The van der Waals surface area contributed by atoms with E-state index in [4.69, 9.17) is 9.47 Å². The number of amides is 1. The Labute approximate surface area is 156 Å². The predicted octanol–water partition coefficient (Wildman–Crippen LogP) is 2.66. The summed E-state index contributed by atoms with van der Waals surface area (Å²) in [5.74, 6) is -1.42. The maximum absolute atomic E-state index is 13.2. The highest BCUT2D eigenvalue weighted by molar-refractivity contribution is 6.01. The average molecular weight is 371 g/mol. The molecule has 0 saturated carbocycles. The molecule has 2 heterocycles. The van der Waals surface area contributed by atoms with E-state index in [0.717, 1.165) is 28.8 Å². The van der Waals surface area contributed by atoms with E-state index in [1.54, 1.807) is 18.7 Å². The van der Waals surface area contributed by atoms with Crippen LogP contribution < -0.4 is 4.90 Å². The molecule has 0 bridgehead atoms. The molecule has 0 unspecified atom stereocenters. The van der Waals surface area contributed by atoms with Gasteiger partial charge >= 0.3 is 18.0 Å². The van der Waals surface area contributed by atoms with Crippen LogP contribution in [0.2, 0.25) is 0 Å². The molecule has 1 amide bonds. The fourth-order valence-corrected chi connectivity index (χ4v) is 3.03. The summed E-state index contributed by atoms with van der Waals surface area (Å²) < 4.78 is 10.9. The Hall–Kier alpha value is -3.16. The summed E-state index contributed by atoms with van der Waals surface area (Å²) >= 11 is 0. The van der Waals surface area contributed by atoms with E-state index >= 15 is 0 Å². The van der Waals surface area contributed by atoms with Crippen molar-refractivity contribution in [2.75, 3.05) is 24.7 Å².